The van der Waals surface area contributed by atoms with Crippen LogP contribution in [0.25, 0.3) is 21.8 Å². The first kappa shape index (κ1) is 46.1. The number of nitrogens with one attached hydrogen (secondary N) is 3. The van der Waals surface area contributed by atoms with Gasteiger partial charge < -0.3 is 44.4 Å². The highest BCUT2D eigenvalue weighted by atomic mass is 16.6. The van der Waals surface area contributed by atoms with Crippen molar-refractivity contribution >= 4 is 45.0 Å². The number of amides is 2. The molecule has 14 heteroatoms. The molecule has 2 fully saturated rings. The summed E-state index contributed by atoms with van der Waals surface area (Å²) in [7, 11) is 0. The SMILES string of the molecule is CC[C@H]1COc2ccc3nc(C)ccc3c2O1.Cc1ccc2c3c(ccc2n1)OC[C@H](CN1CCCC(Cc2ccc4c(c2)NC(=O)CO4)C1)O3.O=C1COc2ccc(CC3CCCNC3)cc2N1. The zero-order valence-corrected chi connectivity index (χ0v) is 39.8. The molecular weight excluding hydrogens is 873 g/mol. The van der Waals surface area contributed by atoms with E-state index in [0.29, 0.717) is 25.0 Å². The van der Waals surface area contributed by atoms with Gasteiger partial charge in [-0.25, -0.2) is 0 Å². The average molecular weight is 935 g/mol. The van der Waals surface area contributed by atoms with E-state index in [1.54, 1.807) is 0 Å². The lowest BCUT2D eigenvalue weighted by Gasteiger charge is -2.36. The van der Waals surface area contributed by atoms with Crippen molar-refractivity contribution < 1.29 is 38.0 Å². The van der Waals surface area contributed by atoms with Crippen LogP contribution in [0.4, 0.5) is 11.4 Å². The number of aryl methyl sites for hydroxylation is 2. The summed E-state index contributed by atoms with van der Waals surface area (Å²) in [6.07, 6.45) is 8.07. The van der Waals surface area contributed by atoms with Crippen molar-refractivity contribution in [1.29, 1.82) is 0 Å². The molecule has 3 N–H and O–H groups in total. The van der Waals surface area contributed by atoms with Gasteiger partial charge in [-0.1, -0.05) is 19.1 Å². The summed E-state index contributed by atoms with van der Waals surface area (Å²) < 4.78 is 35.1. The van der Waals surface area contributed by atoms with E-state index in [9.17, 15) is 9.59 Å². The molecule has 0 radical (unpaired) electrons. The molecular formula is C55H62N6O8. The molecule has 0 spiro atoms. The molecule has 4 atom stereocenters. The van der Waals surface area contributed by atoms with Crippen LogP contribution < -0.4 is 44.4 Å². The summed E-state index contributed by atoms with van der Waals surface area (Å²) in [5, 5.41) is 11.2. The maximum Gasteiger partial charge on any atom is 0.262 e. The average Bonchev–Trinajstić information content (AvgIpc) is 3.36. The van der Waals surface area contributed by atoms with Crippen LogP contribution in [-0.2, 0) is 22.4 Å². The zero-order valence-electron chi connectivity index (χ0n) is 39.8. The number of hydrogen-bond donors (Lipinski definition) is 3. The van der Waals surface area contributed by atoms with E-state index >= 15 is 0 Å². The normalized spacial score (nSPS) is 21.4. The third-order valence-corrected chi connectivity index (χ3v) is 13.6. The van der Waals surface area contributed by atoms with Crippen LogP contribution >= 0.6 is 0 Å². The van der Waals surface area contributed by atoms with Crippen LogP contribution in [0.3, 0.4) is 0 Å². The molecule has 360 valence electrons. The van der Waals surface area contributed by atoms with Gasteiger partial charge in [0, 0.05) is 35.2 Å². The van der Waals surface area contributed by atoms with E-state index in [1.807, 2.05) is 68.4 Å². The molecule has 12 rings (SSSR count). The second-order valence-corrected chi connectivity index (χ2v) is 19.1. The van der Waals surface area contributed by atoms with Crippen molar-refractivity contribution in [2.75, 3.05) is 69.8 Å². The molecule has 6 aliphatic heterocycles. The third kappa shape index (κ3) is 11.1. The molecule has 2 amide bonds. The minimum absolute atomic E-state index is 0.00532. The first-order valence-corrected chi connectivity index (χ1v) is 24.6. The lowest BCUT2D eigenvalue weighted by atomic mass is 9.91. The van der Waals surface area contributed by atoms with Crippen molar-refractivity contribution in [2.45, 2.75) is 77.9 Å². The summed E-state index contributed by atoms with van der Waals surface area (Å²) in [5.41, 5.74) is 8.01. The Balaban J connectivity index is 0.000000133. The predicted molar refractivity (Wildman–Crippen MR) is 266 cm³/mol. The minimum atomic E-state index is -0.0940. The van der Waals surface area contributed by atoms with Crippen molar-refractivity contribution in [3.63, 3.8) is 0 Å². The van der Waals surface area contributed by atoms with Crippen LogP contribution in [0.5, 0.6) is 34.5 Å². The fourth-order valence-electron chi connectivity index (χ4n) is 10.1. The van der Waals surface area contributed by atoms with E-state index in [4.69, 9.17) is 28.4 Å². The third-order valence-electron chi connectivity index (χ3n) is 13.6. The molecule has 0 bridgehead atoms. The van der Waals surface area contributed by atoms with Gasteiger partial charge in [-0.15, -0.1) is 0 Å². The van der Waals surface area contributed by atoms with Gasteiger partial charge in [0.15, 0.2) is 36.2 Å². The molecule has 2 aromatic heterocycles. The fraction of sp³-hybridized carbons (Fsp3) is 0.418. The molecule has 6 aromatic rings. The number of carbonyl (C=O) groups excluding carboxylic acids is 2. The van der Waals surface area contributed by atoms with Crippen LogP contribution in [0.15, 0.2) is 84.9 Å². The standard InChI is InChI=1S/C27H29N3O4.C14H18N2O2.C14H15NO2/c1-17-4-6-21-22(28-17)7-9-25-27(21)34-20(15-32-25)14-30-10-2-3-19(13-30)11-18-5-8-24-23(12-18)29-26(31)16-33-24;17-14-9-18-13-4-3-10(7-12(13)16-14)6-11-2-1-5-15-8-11;1-3-10-8-16-13-7-6-12-11(14(13)17-10)5-4-9(2)15-12/h4-9,12,19-20H,2-3,10-11,13-16H2,1H3,(H,29,31);3-4,7,11,15H,1-2,5-6,8-9H2,(H,16,17);4-7,10H,3,8H2,1-2H3/t19?,20-;;10-/m0.0/s1. The second kappa shape index (κ2) is 20.9. The highest BCUT2D eigenvalue weighted by Crippen LogP contribution is 2.40. The molecule has 69 heavy (non-hydrogen) atoms. The smallest absolute Gasteiger partial charge is 0.262 e. The molecule has 14 nitrogen and oxygen atoms in total. The Morgan fingerprint density at radius 3 is 1.75 bits per heavy atom. The highest BCUT2D eigenvalue weighted by Gasteiger charge is 2.29. The maximum absolute atomic E-state index is 11.7. The van der Waals surface area contributed by atoms with E-state index < -0.39 is 0 Å². The number of ether oxygens (including phenoxy) is 6. The number of aromatic nitrogens is 2. The largest absolute Gasteiger partial charge is 0.486 e. The fourth-order valence-corrected chi connectivity index (χ4v) is 10.1. The summed E-state index contributed by atoms with van der Waals surface area (Å²) in [5.74, 6) is 5.92. The molecule has 8 heterocycles. The van der Waals surface area contributed by atoms with Crippen LogP contribution in [-0.4, -0.2) is 98.0 Å². The molecule has 2 unspecified atom stereocenters. The van der Waals surface area contributed by atoms with Crippen molar-refractivity contribution in [1.82, 2.24) is 20.2 Å². The van der Waals surface area contributed by atoms with E-state index in [-0.39, 0.29) is 37.2 Å². The number of likely N-dealkylation sites (tertiary alicyclic amines) is 1. The Labute approximate surface area is 403 Å². The van der Waals surface area contributed by atoms with Crippen LogP contribution in [0.2, 0.25) is 0 Å². The minimum Gasteiger partial charge on any atom is -0.486 e. The lowest BCUT2D eigenvalue weighted by Crippen LogP contribution is -2.45. The first-order chi connectivity index (χ1) is 33.7. The van der Waals surface area contributed by atoms with Crippen molar-refractivity contribution in [3.05, 3.63) is 107 Å². The number of hydrogen-bond acceptors (Lipinski definition) is 12. The Hall–Kier alpha value is -6.64. The Bertz CT molecular complexity index is 2830. The number of benzene rings is 4. The summed E-state index contributed by atoms with van der Waals surface area (Å²) >= 11 is 0. The maximum atomic E-state index is 11.7. The number of pyridine rings is 2. The lowest BCUT2D eigenvalue weighted by molar-refractivity contribution is -0.119. The van der Waals surface area contributed by atoms with Crippen LogP contribution in [0.1, 0.15) is 61.5 Å². The van der Waals surface area contributed by atoms with Gasteiger partial charge in [0.25, 0.3) is 11.8 Å². The van der Waals surface area contributed by atoms with Gasteiger partial charge in [0.2, 0.25) is 0 Å². The number of rotatable bonds is 7. The van der Waals surface area contributed by atoms with E-state index in [2.05, 4.69) is 68.1 Å². The Kier molecular flexibility index (Phi) is 14.0. The monoisotopic (exact) mass is 934 g/mol. The predicted octanol–water partition coefficient (Wildman–Crippen LogP) is 8.62. The quantitative estimate of drug-likeness (QED) is 0.140. The summed E-state index contributed by atoms with van der Waals surface area (Å²) in [6, 6.07) is 28.3. The number of anilines is 2. The van der Waals surface area contributed by atoms with Crippen LogP contribution in [0, 0.1) is 25.7 Å². The zero-order chi connectivity index (χ0) is 47.3. The number of nitrogens with zero attached hydrogens (tertiary/aromatic N) is 3. The Morgan fingerprint density at radius 2 is 1.17 bits per heavy atom. The molecule has 2 saturated heterocycles. The number of piperidine rings is 2. The topological polar surface area (TPSA) is 155 Å². The van der Waals surface area contributed by atoms with Gasteiger partial charge in [0.05, 0.1) is 22.4 Å². The van der Waals surface area contributed by atoms with Gasteiger partial charge >= 0.3 is 0 Å². The highest BCUT2D eigenvalue weighted by molar-refractivity contribution is 5.96. The number of fused-ring (bicyclic) bond motifs is 8. The van der Waals surface area contributed by atoms with Gasteiger partial charge in [-0.3, -0.25) is 24.5 Å². The van der Waals surface area contributed by atoms with E-state index in [1.165, 1.54) is 36.8 Å². The van der Waals surface area contributed by atoms with Gasteiger partial charge in [-0.05, 0) is 174 Å². The van der Waals surface area contributed by atoms with Gasteiger partial charge in [-0.2, -0.15) is 0 Å². The van der Waals surface area contributed by atoms with Crippen molar-refractivity contribution in [3.8, 4) is 34.5 Å². The molecule has 0 saturated carbocycles. The molecule has 4 aromatic carbocycles. The van der Waals surface area contributed by atoms with Crippen molar-refractivity contribution in [2.24, 2.45) is 11.8 Å². The Morgan fingerprint density at radius 1 is 0.623 bits per heavy atom. The van der Waals surface area contributed by atoms with E-state index in [0.717, 1.165) is 131 Å². The molecule has 0 aliphatic carbocycles. The molecule has 6 aliphatic rings. The van der Waals surface area contributed by atoms with Gasteiger partial charge in [0.1, 0.15) is 36.9 Å². The summed E-state index contributed by atoms with van der Waals surface area (Å²) in [4.78, 5) is 34.6. The second-order valence-electron chi connectivity index (χ2n) is 19.1. The summed E-state index contributed by atoms with van der Waals surface area (Å²) in [6.45, 7) is 12.7. The number of carbonyl (C=O) groups is 2. The first-order valence-electron chi connectivity index (χ1n) is 24.6.